The topological polar surface area (TPSA) is 41.5 Å². The highest BCUT2D eigenvalue weighted by Crippen LogP contribution is 2.29. The van der Waals surface area contributed by atoms with Crippen LogP contribution in [0.15, 0.2) is 35.2 Å². The van der Waals surface area contributed by atoms with Crippen LogP contribution in [-0.4, -0.2) is 25.0 Å². The van der Waals surface area contributed by atoms with Gasteiger partial charge in [-0.3, -0.25) is 0 Å². The van der Waals surface area contributed by atoms with Crippen LogP contribution in [0.4, 0.5) is 0 Å². The molecule has 1 atom stereocenters. The van der Waals surface area contributed by atoms with Crippen molar-refractivity contribution in [3.05, 3.63) is 45.1 Å². The number of ether oxygens (including phenoxy) is 1. The third kappa shape index (κ3) is 4.63. The van der Waals surface area contributed by atoms with Gasteiger partial charge in [-0.15, -0.1) is 23.1 Å². The zero-order valence-electron chi connectivity index (χ0n) is 11.9. The van der Waals surface area contributed by atoms with Crippen molar-refractivity contribution < 1.29 is 9.84 Å². The maximum absolute atomic E-state index is 10.1. The Bertz CT molecular complexity index is 589. The third-order valence-electron chi connectivity index (χ3n) is 3.04. The van der Waals surface area contributed by atoms with Gasteiger partial charge in [0.25, 0.3) is 0 Å². The van der Waals surface area contributed by atoms with E-state index in [0.717, 1.165) is 21.1 Å². The molecule has 0 aliphatic heterocycles. The zero-order chi connectivity index (χ0) is 15.2. The predicted molar refractivity (Wildman–Crippen MR) is 90.8 cm³/mol. The standard InChI is InChI=1S/C15H18ClNO2S2/c1-19-12-7-10(3-4-14(12)20-2)8-17-9-11(18)13-5-6-15(16)21-13/h3-7,11,17-18H,8-9H2,1-2H3. The molecule has 1 aromatic carbocycles. The van der Waals surface area contributed by atoms with E-state index >= 15 is 0 Å². The molecule has 2 rings (SSSR count). The fourth-order valence-corrected chi connectivity index (χ4v) is 3.55. The van der Waals surface area contributed by atoms with Crippen LogP contribution < -0.4 is 10.1 Å². The third-order valence-corrected chi connectivity index (χ3v) is 5.15. The summed E-state index contributed by atoms with van der Waals surface area (Å²) in [6, 6.07) is 9.80. The van der Waals surface area contributed by atoms with Gasteiger partial charge in [0.2, 0.25) is 0 Å². The summed E-state index contributed by atoms with van der Waals surface area (Å²) in [4.78, 5) is 2.00. The number of nitrogens with one attached hydrogen (secondary N) is 1. The second-order valence-corrected chi connectivity index (χ2v) is 7.07. The van der Waals surface area contributed by atoms with Gasteiger partial charge in [0.15, 0.2) is 0 Å². The Balaban J connectivity index is 1.88. The molecule has 3 nitrogen and oxygen atoms in total. The average molecular weight is 344 g/mol. The molecule has 6 heteroatoms. The molecular formula is C15H18ClNO2S2. The van der Waals surface area contributed by atoms with E-state index < -0.39 is 6.10 Å². The number of rotatable bonds is 7. The van der Waals surface area contributed by atoms with E-state index in [1.807, 2.05) is 18.4 Å². The smallest absolute Gasteiger partial charge is 0.132 e. The van der Waals surface area contributed by atoms with Gasteiger partial charge in [-0.05, 0) is 36.1 Å². The molecule has 0 fully saturated rings. The van der Waals surface area contributed by atoms with Gasteiger partial charge in [-0.1, -0.05) is 17.7 Å². The molecule has 0 radical (unpaired) electrons. The van der Waals surface area contributed by atoms with Gasteiger partial charge in [0.05, 0.1) is 11.4 Å². The van der Waals surface area contributed by atoms with Crippen LogP contribution in [-0.2, 0) is 6.54 Å². The maximum atomic E-state index is 10.1. The molecular weight excluding hydrogens is 326 g/mol. The molecule has 1 aromatic heterocycles. The highest BCUT2D eigenvalue weighted by atomic mass is 35.5. The summed E-state index contributed by atoms with van der Waals surface area (Å²) in [5, 5.41) is 13.3. The van der Waals surface area contributed by atoms with Crippen molar-refractivity contribution in [2.45, 2.75) is 17.5 Å². The molecule has 1 unspecified atom stereocenters. The molecule has 21 heavy (non-hydrogen) atoms. The predicted octanol–water partition coefficient (Wildman–Crippen LogP) is 3.96. The molecule has 0 saturated heterocycles. The number of benzene rings is 1. The number of aliphatic hydroxyl groups excluding tert-OH is 1. The first kappa shape index (κ1) is 16.6. The number of thioether (sulfide) groups is 1. The lowest BCUT2D eigenvalue weighted by molar-refractivity contribution is 0.178. The Morgan fingerprint density at radius 2 is 2.19 bits per heavy atom. The molecule has 0 spiro atoms. The molecule has 114 valence electrons. The molecule has 1 heterocycles. The fourth-order valence-electron chi connectivity index (χ4n) is 1.95. The van der Waals surface area contributed by atoms with Gasteiger partial charge in [0.1, 0.15) is 11.9 Å². The second-order valence-electron chi connectivity index (χ2n) is 4.48. The molecule has 0 amide bonds. The van der Waals surface area contributed by atoms with Crippen molar-refractivity contribution in [2.24, 2.45) is 0 Å². The molecule has 0 bridgehead atoms. The van der Waals surface area contributed by atoms with Crippen LogP contribution in [0, 0.1) is 0 Å². The normalized spacial score (nSPS) is 12.4. The average Bonchev–Trinajstić information content (AvgIpc) is 2.93. The van der Waals surface area contributed by atoms with Crippen molar-refractivity contribution in [1.82, 2.24) is 5.32 Å². The molecule has 0 saturated carbocycles. The van der Waals surface area contributed by atoms with Crippen molar-refractivity contribution >= 4 is 34.7 Å². The number of hydrogen-bond donors (Lipinski definition) is 2. The lowest BCUT2D eigenvalue weighted by Gasteiger charge is -2.12. The summed E-state index contributed by atoms with van der Waals surface area (Å²) >= 11 is 8.93. The first-order valence-corrected chi connectivity index (χ1v) is 8.91. The minimum atomic E-state index is -0.533. The monoisotopic (exact) mass is 343 g/mol. The Morgan fingerprint density at radius 3 is 2.81 bits per heavy atom. The van der Waals surface area contributed by atoms with E-state index in [2.05, 4.69) is 17.4 Å². The van der Waals surface area contributed by atoms with Crippen LogP contribution in [0.25, 0.3) is 0 Å². The fraction of sp³-hybridized carbons (Fsp3) is 0.333. The first-order chi connectivity index (χ1) is 10.1. The van der Waals surface area contributed by atoms with E-state index in [4.69, 9.17) is 16.3 Å². The van der Waals surface area contributed by atoms with Gasteiger partial charge in [0, 0.05) is 22.9 Å². The summed E-state index contributed by atoms with van der Waals surface area (Å²) in [5.74, 6) is 0.882. The number of aliphatic hydroxyl groups is 1. The summed E-state index contributed by atoms with van der Waals surface area (Å²) in [7, 11) is 1.68. The van der Waals surface area contributed by atoms with Crippen LogP contribution in [0.5, 0.6) is 5.75 Å². The van der Waals surface area contributed by atoms with E-state index in [-0.39, 0.29) is 0 Å². The lowest BCUT2D eigenvalue weighted by atomic mass is 10.2. The zero-order valence-corrected chi connectivity index (χ0v) is 14.3. The Kier molecular flexibility index (Phi) is 6.39. The summed E-state index contributed by atoms with van der Waals surface area (Å²) in [6.07, 6.45) is 1.49. The minimum absolute atomic E-state index is 0.490. The number of methoxy groups -OCH3 is 1. The van der Waals surface area contributed by atoms with Gasteiger partial charge in [-0.25, -0.2) is 0 Å². The van der Waals surface area contributed by atoms with Gasteiger partial charge >= 0.3 is 0 Å². The molecule has 2 N–H and O–H groups in total. The van der Waals surface area contributed by atoms with Crippen LogP contribution in [0.3, 0.4) is 0 Å². The molecule has 0 aliphatic carbocycles. The quantitative estimate of drug-likeness (QED) is 0.747. The van der Waals surface area contributed by atoms with Crippen molar-refractivity contribution in [3.8, 4) is 5.75 Å². The van der Waals surface area contributed by atoms with E-state index in [9.17, 15) is 5.11 Å². The van der Waals surface area contributed by atoms with Crippen LogP contribution in [0.1, 0.15) is 16.5 Å². The summed E-state index contributed by atoms with van der Waals surface area (Å²) < 4.78 is 6.06. The Morgan fingerprint density at radius 1 is 1.38 bits per heavy atom. The lowest BCUT2D eigenvalue weighted by Crippen LogP contribution is -2.20. The van der Waals surface area contributed by atoms with E-state index in [0.29, 0.717) is 17.4 Å². The summed E-state index contributed by atoms with van der Waals surface area (Å²) in [6.45, 7) is 1.17. The number of thiophene rings is 1. The van der Waals surface area contributed by atoms with Crippen LogP contribution in [0.2, 0.25) is 4.34 Å². The van der Waals surface area contributed by atoms with Crippen molar-refractivity contribution in [2.75, 3.05) is 19.9 Å². The molecule has 0 aliphatic rings. The van der Waals surface area contributed by atoms with Crippen molar-refractivity contribution in [3.63, 3.8) is 0 Å². The largest absolute Gasteiger partial charge is 0.496 e. The Hall–Kier alpha value is -0.720. The Labute approximate surface area is 138 Å². The van der Waals surface area contributed by atoms with Crippen molar-refractivity contribution in [1.29, 1.82) is 0 Å². The second kappa shape index (κ2) is 8.06. The van der Waals surface area contributed by atoms with Gasteiger partial charge in [-0.2, -0.15) is 0 Å². The summed E-state index contributed by atoms with van der Waals surface area (Å²) in [5.41, 5.74) is 1.13. The minimum Gasteiger partial charge on any atom is -0.496 e. The SMILES string of the molecule is COc1cc(CNCC(O)c2ccc(Cl)s2)ccc1SC. The van der Waals surface area contributed by atoms with E-state index in [1.165, 1.54) is 11.3 Å². The van der Waals surface area contributed by atoms with Gasteiger partial charge < -0.3 is 15.2 Å². The maximum Gasteiger partial charge on any atom is 0.132 e. The first-order valence-electron chi connectivity index (χ1n) is 6.49. The number of hydrogen-bond acceptors (Lipinski definition) is 5. The van der Waals surface area contributed by atoms with Crippen LogP contribution >= 0.6 is 34.7 Å². The highest BCUT2D eigenvalue weighted by molar-refractivity contribution is 7.98. The van der Waals surface area contributed by atoms with E-state index in [1.54, 1.807) is 24.9 Å². The molecule has 2 aromatic rings. The highest BCUT2D eigenvalue weighted by Gasteiger charge is 2.10. The number of halogens is 1.